The molecule has 1 aromatic carbocycles. The number of carbonyl (C=O) groups is 1. The van der Waals surface area contributed by atoms with Crippen LogP contribution in [0.15, 0.2) is 48.4 Å². The van der Waals surface area contributed by atoms with E-state index in [1.807, 2.05) is 38.1 Å². The molecule has 0 saturated carbocycles. The van der Waals surface area contributed by atoms with Gasteiger partial charge in [-0.3, -0.25) is 4.90 Å². The molecule has 3 heterocycles. The molecule has 2 unspecified atom stereocenters. The van der Waals surface area contributed by atoms with Crippen molar-refractivity contribution in [3.63, 3.8) is 0 Å². The molecule has 1 fully saturated rings. The van der Waals surface area contributed by atoms with Gasteiger partial charge in [0, 0.05) is 42.7 Å². The zero-order valence-corrected chi connectivity index (χ0v) is 17.4. The number of aromatic nitrogens is 2. The van der Waals surface area contributed by atoms with Crippen molar-refractivity contribution >= 4 is 35.1 Å². The lowest BCUT2D eigenvalue weighted by Crippen LogP contribution is -2.31. The van der Waals surface area contributed by atoms with Crippen molar-refractivity contribution in [2.45, 2.75) is 25.9 Å². The first kappa shape index (κ1) is 19.3. The molecule has 2 aromatic rings. The molecule has 1 aromatic heterocycles. The Kier molecular flexibility index (Phi) is 5.19. The van der Waals surface area contributed by atoms with Crippen molar-refractivity contribution in [1.29, 1.82) is 0 Å². The average molecular weight is 414 g/mol. The van der Waals surface area contributed by atoms with Crippen molar-refractivity contribution in [3.05, 3.63) is 53.4 Å². The fourth-order valence-corrected chi connectivity index (χ4v) is 3.50. The van der Waals surface area contributed by atoms with Gasteiger partial charge in [0.2, 0.25) is 5.95 Å². The Hall–Kier alpha value is -3.00. The summed E-state index contributed by atoms with van der Waals surface area (Å²) in [5, 5.41) is 7.42. The second-order valence-corrected chi connectivity index (χ2v) is 7.76. The molecule has 4 rings (SSSR count). The van der Waals surface area contributed by atoms with Gasteiger partial charge in [0.25, 0.3) is 0 Å². The van der Waals surface area contributed by atoms with Crippen molar-refractivity contribution in [2.24, 2.45) is 0 Å². The first-order chi connectivity index (χ1) is 13.9. The molecule has 8 nitrogen and oxygen atoms in total. The van der Waals surface area contributed by atoms with Gasteiger partial charge in [0.15, 0.2) is 0 Å². The van der Waals surface area contributed by atoms with Crippen LogP contribution in [-0.4, -0.2) is 53.2 Å². The molecule has 0 spiro atoms. The third kappa shape index (κ3) is 3.93. The van der Waals surface area contributed by atoms with E-state index in [0.29, 0.717) is 30.0 Å². The van der Waals surface area contributed by atoms with E-state index in [1.165, 1.54) is 0 Å². The maximum absolute atomic E-state index is 12.4. The summed E-state index contributed by atoms with van der Waals surface area (Å²) in [6.07, 6.45) is 3.73. The lowest BCUT2D eigenvalue weighted by Gasteiger charge is -2.18. The molecule has 0 radical (unpaired) electrons. The minimum atomic E-state index is -0.0472. The highest BCUT2D eigenvalue weighted by Crippen LogP contribution is 2.24. The third-order valence-electron chi connectivity index (χ3n) is 5.28. The first-order valence-electron chi connectivity index (χ1n) is 9.54. The number of carbonyl (C=O) groups excluding carboxylic acids is 1. The van der Waals surface area contributed by atoms with Gasteiger partial charge < -0.3 is 20.4 Å². The Morgan fingerprint density at radius 3 is 2.72 bits per heavy atom. The highest BCUT2D eigenvalue weighted by atomic mass is 35.5. The topological polar surface area (TPSA) is 76.6 Å². The highest BCUT2D eigenvalue weighted by Gasteiger charge is 2.33. The van der Waals surface area contributed by atoms with E-state index in [9.17, 15) is 4.79 Å². The molecule has 152 valence electrons. The molecule has 2 aliphatic heterocycles. The van der Waals surface area contributed by atoms with E-state index in [4.69, 9.17) is 11.6 Å². The van der Waals surface area contributed by atoms with Crippen LogP contribution in [0.25, 0.3) is 0 Å². The zero-order chi connectivity index (χ0) is 20.5. The summed E-state index contributed by atoms with van der Waals surface area (Å²) in [5.74, 6) is 1.09. The van der Waals surface area contributed by atoms with Crippen LogP contribution in [0.3, 0.4) is 0 Å². The van der Waals surface area contributed by atoms with Crippen LogP contribution in [0.5, 0.6) is 0 Å². The number of hydrogen-bond acceptors (Lipinski definition) is 6. The van der Waals surface area contributed by atoms with E-state index in [1.54, 1.807) is 29.1 Å². The number of nitrogens with one attached hydrogen (secondary N) is 2. The SMILES string of the molecule is CC(Nc1nccc(N2CC(C)N(C)C2=O)n1)C1=CN(c2ccc(Cl)cc2)CN1. The van der Waals surface area contributed by atoms with Gasteiger partial charge in [0.05, 0.1) is 18.4 Å². The molecule has 2 aliphatic rings. The molecule has 0 bridgehead atoms. The maximum Gasteiger partial charge on any atom is 0.325 e. The number of rotatable bonds is 5. The Labute approximate surface area is 175 Å². The number of halogens is 1. The number of nitrogens with zero attached hydrogens (tertiary/aromatic N) is 5. The third-order valence-corrected chi connectivity index (χ3v) is 5.53. The van der Waals surface area contributed by atoms with E-state index >= 15 is 0 Å². The summed E-state index contributed by atoms with van der Waals surface area (Å²) in [6.45, 7) is 5.35. The summed E-state index contributed by atoms with van der Waals surface area (Å²) in [7, 11) is 1.81. The lowest BCUT2D eigenvalue weighted by molar-refractivity contribution is 0.221. The Morgan fingerprint density at radius 1 is 1.28 bits per heavy atom. The number of likely N-dealkylation sites (N-methyl/N-ethyl adjacent to an activating group) is 1. The fraction of sp³-hybridized carbons (Fsp3) is 0.350. The van der Waals surface area contributed by atoms with Gasteiger partial charge in [0.1, 0.15) is 5.82 Å². The molecule has 9 heteroatoms. The Bertz CT molecular complexity index is 933. The van der Waals surface area contributed by atoms with Gasteiger partial charge in [-0.15, -0.1) is 0 Å². The van der Waals surface area contributed by atoms with Gasteiger partial charge in [-0.1, -0.05) is 11.6 Å². The summed E-state index contributed by atoms with van der Waals surface area (Å²) in [4.78, 5) is 26.8. The molecule has 0 aliphatic carbocycles. The van der Waals surface area contributed by atoms with Crippen LogP contribution in [-0.2, 0) is 0 Å². The van der Waals surface area contributed by atoms with E-state index < -0.39 is 0 Å². The standard InChI is InChI=1S/C20H24ClN7O/c1-13-10-28(20(29)26(13)3)18-8-9-22-19(25-18)24-14(2)17-11-27(12-23-17)16-6-4-15(21)5-7-16/h4-9,11,13-14,23H,10,12H2,1-3H3,(H,22,24,25). The van der Waals surface area contributed by atoms with Crippen LogP contribution < -0.4 is 20.4 Å². The van der Waals surface area contributed by atoms with E-state index in [0.717, 1.165) is 11.4 Å². The van der Waals surface area contributed by atoms with E-state index in [-0.39, 0.29) is 18.1 Å². The van der Waals surface area contributed by atoms with Gasteiger partial charge in [-0.05, 0) is 44.2 Å². The second-order valence-electron chi connectivity index (χ2n) is 7.32. The number of benzene rings is 1. The van der Waals surface area contributed by atoms with Crippen LogP contribution in [0, 0.1) is 0 Å². The minimum Gasteiger partial charge on any atom is -0.368 e. The monoisotopic (exact) mass is 413 g/mol. The predicted molar refractivity (Wildman–Crippen MR) is 115 cm³/mol. The number of hydrogen-bond donors (Lipinski definition) is 2. The van der Waals surface area contributed by atoms with Crippen molar-refractivity contribution in [3.8, 4) is 0 Å². The van der Waals surface area contributed by atoms with Crippen LogP contribution in [0.1, 0.15) is 13.8 Å². The summed E-state index contributed by atoms with van der Waals surface area (Å²) in [5.41, 5.74) is 2.09. The fourth-order valence-electron chi connectivity index (χ4n) is 3.37. The van der Waals surface area contributed by atoms with Crippen LogP contribution in [0.4, 0.5) is 22.2 Å². The molecule has 2 amide bonds. The second kappa shape index (κ2) is 7.79. The Balaban J connectivity index is 1.45. The smallest absolute Gasteiger partial charge is 0.325 e. The molecule has 29 heavy (non-hydrogen) atoms. The molecule has 1 saturated heterocycles. The highest BCUT2D eigenvalue weighted by molar-refractivity contribution is 6.30. The summed E-state index contributed by atoms with van der Waals surface area (Å²) in [6, 6.07) is 9.56. The van der Waals surface area contributed by atoms with Crippen molar-refractivity contribution in [2.75, 3.05) is 35.4 Å². The normalized spacial score (nSPS) is 20.0. The van der Waals surface area contributed by atoms with Crippen molar-refractivity contribution < 1.29 is 4.79 Å². The molecular formula is C20H24ClN7O. The molecular weight excluding hydrogens is 390 g/mol. The predicted octanol–water partition coefficient (Wildman–Crippen LogP) is 3.10. The maximum atomic E-state index is 12.4. The van der Waals surface area contributed by atoms with Crippen LogP contribution >= 0.6 is 11.6 Å². The first-order valence-corrected chi connectivity index (χ1v) is 9.92. The van der Waals surface area contributed by atoms with Crippen LogP contribution in [0.2, 0.25) is 5.02 Å². The Morgan fingerprint density at radius 2 is 2.03 bits per heavy atom. The minimum absolute atomic E-state index is 0.0292. The summed E-state index contributed by atoms with van der Waals surface area (Å²) >= 11 is 5.97. The molecule has 2 N–H and O–H groups in total. The number of anilines is 3. The summed E-state index contributed by atoms with van der Waals surface area (Å²) < 4.78 is 0. The van der Waals surface area contributed by atoms with Gasteiger partial charge in [-0.2, -0.15) is 4.98 Å². The lowest BCUT2D eigenvalue weighted by atomic mass is 10.2. The molecule has 2 atom stereocenters. The quantitative estimate of drug-likeness (QED) is 0.784. The number of urea groups is 1. The largest absolute Gasteiger partial charge is 0.368 e. The zero-order valence-electron chi connectivity index (χ0n) is 16.6. The van der Waals surface area contributed by atoms with E-state index in [2.05, 4.69) is 31.7 Å². The van der Waals surface area contributed by atoms with Crippen molar-refractivity contribution in [1.82, 2.24) is 20.2 Å². The van der Waals surface area contributed by atoms with Gasteiger partial charge in [-0.25, -0.2) is 9.78 Å². The van der Waals surface area contributed by atoms with Gasteiger partial charge >= 0.3 is 6.03 Å². The average Bonchev–Trinajstić information content (AvgIpc) is 3.30. The number of amides is 2.